The van der Waals surface area contributed by atoms with E-state index in [9.17, 15) is 9.90 Å². The SMILES string of the molecule is NC(=O)N1CCc2c(c(-c3ccc(Br)cc3)nn2CC(O)CN2CCN(c3nsc4ccccc34)CC2)C1. The lowest BCUT2D eigenvalue weighted by molar-refractivity contribution is 0.0909. The first kappa shape index (κ1) is 25.3. The molecule has 9 nitrogen and oxygen atoms in total. The average molecular weight is 597 g/mol. The van der Waals surface area contributed by atoms with Gasteiger partial charge in [0.15, 0.2) is 0 Å². The van der Waals surface area contributed by atoms with Gasteiger partial charge in [0.05, 0.1) is 29.6 Å². The molecule has 2 aromatic carbocycles. The van der Waals surface area contributed by atoms with Gasteiger partial charge in [0.2, 0.25) is 0 Å². The standard InChI is InChI=1S/C27H30BrN7O2S/c28-19-7-5-18(6-8-19)25-22-17-34(27(29)37)10-9-23(22)35(30-25)16-20(36)15-32-11-13-33(14-12-32)26-21-3-1-2-4-24(21)38-31-26/h1-8,20,36H,9-17H2,(H2,29,37). The summed E-state index contributed by atoms with van der Waals surface area (Å²) in [4.78, 5) is 18.2. The predicted octanol–water partition coefficient (Wildman–Crippen LogP) is 3.54. The number of carbonyl (C=O) groups is 1. The Balaban J connectivity index is 1.14. The third-order valence-electron chi connectivity index (χ3n) is 7.45. The fourth-order valence-electron chi connectivity index (χ4n) is 5.47. The highest BCUT2D eigenvalue weighted by Gasteiger charge is 2.29. The van der Waals surface area contributed by atoms with Gasteiger partial charge in [0.1, 0.15) is 5.82 Å². The molecule has 2 aromatic heterocycles. The number of fused-ring (bicyclic) bond motifs is 2. The van der Waals surface area contributed by atoms with Crippen molar-refractivity contribution in [2.24, 2.45) is 5.73 Å². The number of rotatable bonds is 6. The molecule has 11 heteroatoms. The van der Waals surface area contributed by atoms with E-state index in [1.54, 1.807) is 16.4 Å². The van der Waals surface area contributed by atoms with E-state index in [1.807, 2.05) is 28.9 Å². The van der Waals surface area contributed by atoms with E-state index in [0.29, 0.717) is 32.6 Å². The van der Waals surface area contributed by atoms with Crippen LogP contribution >= 0.6 is 27.5 Å². The van der Waals surface area contributed by atoms with Crippen LogP contribution in [0.1, 0.15) is 11.3 Å². The second-order valence-electron chi connectivity index (χ2n) is 9.92. The summed E-state index contributed by atoms with van der Waals surface area (Å²) in [5, 5.41) is 17.2. The van der Waals surface area contributed by atoms with E-state index in [2.05, 4.69) is 50.0 Å². The van der Waals surface area contributed by atoms with Gasteiger partial charge in [-0.05, 0) is 35.8 Å². The monoisotopic (exact) mass is 595 g/mol. The van der Waals surface area contributed by atoms with Crippen molar-refractivity contribution in [3.05, 3.63) is 64.3 Å². The van der Waals surface area contributed by atoms with Gasteiger partial charge in [-0.1, -0.05) is 40.2 Å². The van der Waals surface area contributed by atoms with Crippen LogP contribution in [-0.4, -0.2) is 80.5 Å². The average Bonchev–Trinajstić information content (AvgIpc) is 3.51. The molecule has 2 aliphatic rings. The van der Waals surface area contributed by atoms with Gasteiger partial charge in [-0.15, -0.1) is 0 Å². The number of aliphatic hydroxyl groups excluding tert-OH is 1. The lowest BCUT2D eigenvalue weighted by Gasteiger charge is -2.36. The first-order chi connectivity index (χ1) is 18.5. The third-order valence-corrected chi connectivity index (χ3v) is 8.79. The Kier molecular flexibility index (Phi) is 7.08. The minimum atomic E-state index is -0.558. The second-order valence-corrected chi connectivity index (χ2v) is 11.6. The lowest BCUT2D eigenvalue weighted by Crippen LogP contribution is -2.49. The predicted molar refractivity (Wildman–Crippen MR) is 153 cm³/mol. The van der Waals surface area contributed by atoms with Crippen LogP contribution in [-0.2, 0) is 19.5 Å². The Morgan fingerprint density at radius 2 is 1.82 bits per heavy atom. The number of hydrogen-bond donors (Lipinski definition) is 2. The molecular formula is C27H30BrN7O2S. The quantitative estimate of drug-likeness (QED) is 0.353. The summed E-state index contributed by atoms with van der Waals surface area (Å²) >= 11 is 5.04. The van der Waals surface area contributed by atoms with Gasteiger partial charge in [-0.3, -0.25) is 9.58 Å². The number of amides is 2. The van der Waals surface area contributed by atoms with Gasteiger partial charge in [-0.25, -0.2) is 4.79 Å². The first-order valence-electron chi connectivity index (χ1n) is 12.8. The smallest absolute Gasteiger partial charge is 0.315 e. The molecule has 198 valence electrons. The summed E-state index contributed by atoms with van der Waals surface area (Å²) in [6, 6.07) is 15.9. The van der Waals surface area contributed by atoms with Gasteiger partial charge in [0, 0.05) is 72.4 Å². The highest BCUT2D eigenvalue weighted by atomic mass is 79.9. The van der Waals surface area contributed by atoms with Crippen molar-refractivity contribution in [2.45, 2.75) is 25.6 Å². The van der Waals surface area contributed by atoms with Crippen LogP contribution in [0.4, 0.5) is 10.6 Å². The maximum Gasteiger partial charge on any atom is 0.315 e. The van der Waals surface area contributed by atoms with Crippen molar-refractivity contribution in [3.63, 3.8) is 0 Å². The molecule has 0 aliphatic carbocycles. The zero-order chi connectivity index (χ0) is 26.2. The summed E-state index contributed by atoms with van der Waals surface area (Å²) in [5.41, 5.74) is 9.49. The van der Waals surface area contributed by atoms with Crippen LogP contribution in [0, 0.1) is 0 Å². The number of β-amino-alcohol motifs (C(OH)–C–C–N with tert-alkyl or cyclic N) is 1. The largest absolute Gasteiger partial charge is 0.390 e. The molecule has 1 fully saturated rings. The highest BCUT2D eigenvalue weighted by Crippen LogP contribution is 2.32. The number of carbonyl (C=O) groups excluding carboxylic acids is 1. The third kappa shape index (κ3) is 5.03. The second kappa shape index (κ2) is 10.6. The summed E-state index contributed by atoms with van der Waals surface area (Å²) in [6.07, 6.45) is 0.104. The summed E-state index contributed by atoms with van der Waals surface area (Å²) in [7, 11) is 0. The van der Waals surface area contributed by atoms with Crippen LogP contribution in [0.2, 0.25) is 0 Å². The Labute approximate surface area is 233 Å². The number of primary amides is 1. The number of benzene rings is 2. The number of nitrogens with two attached hydrogens (primary N) is 1. The molecule has 0 spiro atoms. The molecule has 1 unspecified atom stereocenters. The van der Waals surface area contributed by atoms with Crippen molar-refractivity contribution >= 4 is 49.4 Å². The number of anilines is 1. The lowest BCUT2D eigenvalue weighted by atomic mass is 10.0. The van der Waals surface area contributed by atoms with Crippen LogP contribution in [0.3, 0.4) is 0 Å². The number of nitrogens with zero attached hydrogens (tertiary/aromatic N) is 6. The van der Waals surface area contributed by atoms with Gasteiger partial charge < -0.3 is 20.6 Å². The minimum absolute atomic E-state index is 0.409. The van der Waals surface area contributed by atoms with E-state index >= 15 is 0 Å². The number of hydrogen-bond acceptors (Lipinski definition) is 7. The van der Waals surface area contributed by atoms with Gasteiger partial charge in [0.25, 0.3) is 0 Å². The van der Waals surface area contributed by atoms with Crippen molar-refractivity contribution < 1.29 is 9.90 Å². The van der Waals surface area contributed by atoms with Crippen LogP contribution in [0.25, 0.3) is 21.3 Å². The molecule has 6 rings (SSSR count). The van der Waals surface area contributed by atoms with E-state index in [4.69, 9.17) is 15.2 Å². The fraction of sp³-hybridized carbons (Fsp3) is 0.370. The number of halogens is 1. The minimum Gasteiger partial charge on any atom is -0.390 e. The topological polar surface area (TPSA) is 104 Å². The summed E-state index contributed by atoms with van der Waals surface area (Å²) in [6.45, 7) is 5.49. The Hall–Kier alpha value is -2.99. The van der Waals surface area contributed by atoms with Crippen molar-refractivity contribution in [3.8, 4) is 11.3 Å². The van der Waals surface area contributed by atoms with Crippen LogP contribution in [0.15, 0.2) is 53.0 Å². The molecule has 0 saturated carbocycles. The number of aliphatic hydroxyl groups is 1. The van der Waals surface area contributed by atoms with E-state index in [0.717, 1.165) is 59.0 Å². The summed E-state index contributed by atoms with van der Waals surface area (Å²) in [5.74, 6) is 1.07. The molecule has 3 N–H and O–H groups in total. The van der Waals surface area contributed by atoms with Crippen molar-refractivity contribution in [2.75, 3.05) is 44.2 Å². The normalized spacial score (nSPS) is 17.1. The number of urea groups is 1. The molecule has 4 aromatic rings. The molecule has 38 heavy (non-hydrogen) atoms. The Bertz CT molecular complexity index is 1450. The molecule has 2 aliphatic heterocycles. The van der Waals surface area contributed by atoms with E-state index < -0.39 is 12.1 Å². The number of aromatic nitrogens is 3. The molecular weight excluding hydrogens is 566 g/mol. The fourth-order valence-corrected chi connectivity index (χ4v) is 6.53. The molecule has 2 amide bonds. The van der Waals surface area contributed by atoms with Gasteiger partial charge >= 0.3 is 6.03 Å². The summed E-state index contributed by atoms with van der Waals surface area (Å²) < 4.78 is 8.85. The maximum absolute atomic E-state index is 11.9. The highest BCUT2D eigenvalue weighted by molar-refractivity contribution is 9.10. The van der Waals surface area contributed by atoms with Gasteiger partial charge in [-0.2, -0.15) is 9.47 Å². The first-order valence-corrected chi connectivity index (χ1v) is 14.4. The van der Waals surface area contributed by atoms with E-state index in [-0.39, 0.29) is 0 Å². The molecule has 1 atom stereocenters. The van der Waals surface area contributed by atoms with Crippen LogP contribution < -0.4 is 10.6 Å². The maximum atomic E-state index is 11.9. The molecule has 0 bridgehead atoms. The molecule has 1 saturated heterocycles. The number of piperazine rings is 1. The Morgan fingerprint density at radius 1 is 1.05 bits per heavy atom. The molecule has 4 heterocycles. The Morgan fingerprint density at radius 3 is 2.58 bits per heavy atom. The zero-order valence-corrected chi connectivity index (χ0v) is 23.4. The van der Waals surface area contributed by atoms with Crippen molar-refractivity contribution in [1.29, 1.82) is 0 Å². The van der Waals surface area contributed by atoms with Crippen LogP contribution in [0.5, 0.6) is 0 Å². The molecule has 0 radical (unpaired) electrons. The van der Waals surface area contributed by atoms with E-state index in [1.165, 1.54) is 10.1 Å². The van der Waals surface area contributed by atoms with Crippen molar-refractivity contribution in [1.82, 2.24) is 24.0 Å². The zero-order valence-electron chi connectivity index (χ0n) is 21.0.